The van der Waals surface area contributed by atoms with Crippen LogP contribution in [0.1, 0.15) is 12.8 Å². The molecule has 13 heavy (non-hydrogen) atoms. The average Bonchev–Trinajstić information content (AvgIpc) is 2.24. The summed E-state index contributed by atoms with van der Waals surface area (Å²) < 4.78 is 43.1. The lowest BCUT2D eigenvalue weighted by atomic mass is 10.1. The van der Waals surface area contributed by atoms with Crippen LogP contribution < -0.4 is 0 Å². The summed E-state index contributed by atoms with van der Waals surface area (Å²) >= 11 is 0. The van der Waals surface area contributed by atoms with Crippen molar-refractivity contribution in [3.05, 3.63) is 0 Å². The molecule has 0 N–H and O–H groups in total. The zero-order chi connectivity index (χ0) is 10.1. The summed E-state index contributed by atoms with van der Waals surface area (Å²) in [5.41, 5.74) is 0. The van der Waals surface area contributed by atoms with Crippen LogP contribution >= 0.6 is 10.7 Å². The fourth-order valence-corrected chi connectivity index (χ4v) is 4.20. The summed E-state index contributed by atoms with van der Waals surface area (Å²) in [6.07, 6.45) is 0.916. The van der Waals surface area contributed by atoms with Gasteiger partial charge in [-0.3, -0.25) is 0 Å². The molecule has 1 aliphatic rings. The Labute approximate surface area is 82.6 Å². The van der Waals surface area contributed by atoms with Crippen molar-refractivity contribution in [1.82, 2.24) is 0 Å². The fourth-order valence-electron chi connectivity index (χ4n) is 1.41. The molecule has 0 aromatic carbocycles. The van der Waals surface area contributed by atoms with Crippen LogP contribution in [0.4, 0.5) is 0 Å². The summed E-state index contributed by atoms with van der Waals surface area (Å²) in [7, 11) is -1.37. The van der Waals surface area contributed by atoms with Gasteiger partial charge in [0.1, 0.15) is 0 Å². The predicted octanol–water partition coefficient (Wildman–Crippen LogP) is 0.380. The maximum absolute atomic E-state index is 11.0. The van der Waals surface area contributed by atoms with E-state index in [1.807, 2.05) is 0 Å². The highest BCUT2D eigenvalue weighted by Crippen LogP contribution is 2.22. The molecule has 78 valence electrons. The van der Waals surface area contributed by atoms with Crippen molar-refractivity contribution < 1.29 is 16.8 Å². The average molecular weight is 247 g/mol. The van der Waals surface area contributed by atoms with Gasteiger partial charge in [0.15, 0.2) is 9.84 Å². The van der Waals surface area contributed by atoms with Gasteiger partial charge < -0.3 is 0 Å². The maximum Gasteiger partial charge on any atom is 0.232 e. The first kappa shape index (κ1) is 11.3. The van der Waals surface area contributed by atoms with Gasteiger partial charge in [0.05, 0.1) is 17.3 Å². The molecule has 1 heterocycles. The summed E-state index contributed by atoms with van der Waals surface area (Å²) in [6, 6.07) is 0. The normalized spacial score (nSPS) is 27.6. The highest BCUT2D eigenvalue weighted by atomic mass is 35.7. The lowest BCUT2D eigenvalue weighted by Crippen LogP contribution is -2.09. The molecule has 4 nitrogen and oxygen atoms in total. The molecule has 1 aliphatic heterocycles. The van der Waals surface area contributed by atoms with Crippen molar-refractivity contribution >= 4 is 29.6 Å². The van der Waals surface area contributed by atoms with Crippen molar-refractivity contribution in [2.45, 2.75) is 12.8 Å². The zero-order valence-corrected chi connectivity index (χ0v) is 9.33. The Morgan fingerprint density at radius 2 is 2.00 bits per heavy atom. The second kappa shape index (κ2) is 3.74. The van der Waals surface area contributed by atoms with Crippen molar-refractivity contribution in [3.8, 4) is 0 Å². The van der Waals surface area contributed by atoms with E-state index in [0.717, 1.165) is 0 Å². The SMILES string of the molecule is O=S(=O)(Cl)CCC1CCS(=O)(=O)C1. The summed E-state index contributed by atoms with van der Waals surface area (Å²) in [5.74, 6) is 0.132. The van der Waals surface area contributed by atoms with Gasteiger partial charge in [-0.05, 0) is 18.8 Å². The van der Waals surface area contributed by atoms with Gasteiger partial charge in [0, 0.05) is 10.7 Å². The molecule has 1 rings (SSSR count). The Balaban J connectivity index is 2.42. The lowest BCUT2D eigenvalue weighted by Gasteiger charge is -2.03. The topological polar surface area (TPSA) is 68.3 Å². The van der Waals surface area contributed by atoms with Crippen LogP contribution in [0, 0.1) is 5.92 Å². The fraction of sp³-hybridized carbons (Fsp3) is 1.00. The monoisotopic (exact) mass is 246 g/mol. The first-order valence-electron chi connectivity index (χ1n) is 3.91. The van der Waals surface area contributed by atoms with Crippen LogP contribution in [0.25, 0.3) is 0 Å². The second-order valence-electron chi connectivity index (χ2n) is 3.30. The van der Waals surface area contributed by atoms with Gasteiger partial charge >= 0.3 is 0 Å². The first-order valence-corrected chi connectivity index (χ1v) is 8.21. The van der Waals surface area contributed by atoms with Crippen LogP contribution in [0.2, 0.25) is 0 Å². The Hall–Kier alpha value is 0.190. The predicted molar refractivity (Wildman–Crippen MR) is 51.0 cm³/mol. The van der Waals surface area contributed by atoms with Crippen LogP contribution in [0.5, 0.6) is 0 Å². The van der Waals surface area contributed by atoms with E-state index in [2.05, 4.69) is 0 Å². The third-order valence-electron chi connectivity index (χ3n) is 2.10. The molecule has 0 aliphatic carbocycles. The van der Waals surface area contributed by atoms with E-state index in [9.17, 15) is 16.8 Å². The van der Waals surface area contributed by atoms with E-state index in [1.54, 1.807) is 0 Å². The van der Waals surface area contributed by atoms with E-state index in [4.69, 9.17) is 10.7 Å². The van der Waals surface area contributed by atoms with Gasteiger partial charge in [0.2, 0.25) is 9.05 Å². The third kappa shape index (κ3) is 4.28. The smallest absolute Gasteiger partial charge is 0.229 e. The quantitative estimate of drug-likeness (QED) is 0.676. The molecule has 7 heteroatoms. The third-order valence-corrected chi connectivity index (χ3v) is 5.12. The van der Waals surface area contributed by atoms with Gasteiger partial charge in [0.25, 0.3) is 0 Å². The molecule has 0 amide bonds. The highest BCUT2D eigenvalue weighted by Gasteiger charge is 2.28. The largest absolute Gasteiger partial charge is 0.232 e. The minimum atomic E-state index is -3.47. The summed E-state index contributed by atoms with van der Waals surface area (Å²) in [5, 5.41) is 0. The van der Waals surface area contributed by atoms with Crippen molar-refractivity contribution in [2.24, 2.45) is 5.92 Å². The van der Waals surface area contributed by atoms with E-state index in [1.165, 1.54) is 0 Å². The molecule has 1 atom stereocenters. The first-order chi connectivity index (χ1) is 5.79. The van der Waals surface area contributed by atoms with Crippen molar-refractivity contribution in [1.29, 1.82) is 0 Å². The standard InChI is InChI=1S/C6H11ClO4S2/c7-13(10,11)4-2-6-1-3-12(8,9)5-6/h6H,1-5H2. The van der Waals surface area contributed by atoms with Crippen molar-refractivity contribution in [3.63, 3.8) is 0 Å². The molecule has 0 aromatic heterocycles. The zero-order valence-electron chi connectivity index (χ0n) is 6.94. The molecule has 0 radical (unpaired) electrons. The maximum atomic E-state index is 11.0. The number of sulfone groups is 1. The van der Waals surface area contributed by atoms with Gasteiger partial charge in [-0.15, -0.1) is 0 Å². The Bertz CT molecular complexity index is 369. The second-order valence-corrected chi connectivity index (χ2v) is 8.43. The number of hydrogen-bond donors (Lipinski definition) is 0. The Morgan fingerprint density at radius 1 is 1.38 bits per heavy atom. The molecular weight excluding hydrogens is 236 g/mol. The lowest BCUT2D eigenvalue weighted by molar-refractivity contribution is 0.557. The van der Waals surface area contributed by atoms with Crippen LogP contribution in [0.15, 0.2) is 0 Å². The molecular formula is C6H11ClO4S2. The minimum Gasteiger partial charge on any atom is -0.229 e. The van der Waals surface area contributed by atoms with Gasteiger partial charge in [-0.1, -0.05) is 0 Å². The number of halogens is 1. The van der Waals surface area contributed by atoms with Crippen LogP contribution in [0.3, 0.4) is 0 Å². The summed E-state index contributed by atoms with van der Waals surface area (Å²) in [4.78, 5) is 0. The van der Waals surface area contributed by atoms with Crippen LogP contribution in [-0.2, 0) is 18.9 Å². The molecule has 0 saturated carbocycles. The molecule has 1 unspecified atom stereocenters. The Kier molecular flexibility index (Phi) is 3.24. The highest BCUT2D eigenvalue weighted by molar-refractivity contribution is 8.13. The number of hydrogen-bond acceptors (Lipinski definition) is 4. The molecule has 0 bridgehead atoms. The van der Waals surface area contributed by atoms with Gasteiger partial charge in [-0.2, -0.15) is 0 Å². The summed E-state index contributed by atoms with van der Waals surface area (Å²) in [6.45, 7) is 0. The van der Waals surface area contributed by atoms with E-state index >= 15 is 0 Å². The Morgan fingerprint density at radius 3 is 2.38 bits per heavy atom. The van der Waals surface area contributed by atoms with E-state index < -0.39 is 18.9 Å². The molecule has 0 spiro atoms. The minimum absolute atomic E-state index is 0.0291. The molecule has 1 fully saturated rings. The molecule has 0 aromatic rings. The van der Waals surface area contributed by atoms with Gasteiger partial charge in [-0.25, -0.2) is 16.8 Å². The molecule has 1 saturated heterocycles. The van der Waals surface area contributed by atoms with Crippen molar-refractivity contribution in [2.75, 3.05) is 17.3 Å². The van der Waals surface area contributed by atoms with E-state index in [0.29, 0.717) is 12.8 Å². The van der Waals surface area contributed by atoms with Crippen LogP contribution in [-0.4, -0.2) is 34.1 Å². The number of rotatable bonds is 3. The van der Waals surface area contributed by atoms with E-state index in [-0.39, 0.29) is 23.2 Å².